The highest BCUT2D eigenvalue weighted by Crippen LogP contribution is 2.41. The topological polar surface area (TPSA) is 85.9 Å². The number of rotatable bonds is 6. The fourth-order valence-corrected chi connectivity index (χ4v) is 5.75. The van der Waals surface area contributed by atoms with E-state index >= 15 is 0 Å². The zero-order valence-corrected chi connectivity index (χ0v) is 21.1. The van der Waals surface area contributed by atoms with Crippen LogP contribution in [0.5, 0.6) is 0 Å². The Labute approximate surface area is 205 Å². The van der Waals surface area contributed by atoms with Crippen LogP contribution >= 0.6 is 23.2 Å². The summed E-state index contributed by atoms with van der Waals surface area (Å²) in [5.41, 5.74) is 10.9. The number of allylic oxidation sites excluding steroid dienone is 4. The van der Waals surface area contributed by atoms with Crippen molar-refractivity contribution in [1.29, 1.82) is 0 Å². The summed E-state index contributed by atoms with van der Waals surface area (Å²) in [7, 11) is 4.06. The number of carbonyl (C=O) groups is 1. The number of aromatic nitrogens is 1. The Bertz CT molecular complexity index is 1000. The number of β-amino-alcohol motifs (C(OH)–C–C–N with tert-alkyl or cyclic N) is 1. The minimum atomic E-state index is -0.741. The summed E-state index contributed by atoms with van der Waals surface area (Å²) in [5, 5.41) is 12.3. The van der Waals surface area contributed by atoms with Gasteiger partial charge in [-0.05, 0) is 82.6 Å². The number of nitrogens with zero attached hydrogens (tertiary/aromatic N) is 4. The number of halogens is 2. The Kier molecular flexibility index (Phi) is 7.48. The van der Waals surface area contributed by atoms with E-state index in [2.05, 4.69) is 16.9 Å². The van der Waals surface area contributed by atoms with Crippen LogP contribution in [0.2, 0.25) is 0 Å². The van der Waals surface area contributed by atoms with Crippen LogP contribution in [0, 0.1) is 6.92 Å². The molecule has 1 unspecified atom stereocenters. The summed E-state index contributed by atoms with van der Waals surface area (Å²) in [6.07, 6.45) is 4.43. The summed E-state index contributed by atoms with van der Waals surface area (Å²) >= 11 is 12.8. The number of aliphatic hydroxyl groups excluding tert-OH is 1. The molecule has 3 aliphatic rings. The molecule has 0 spiro atoms. The van der Waals surface area contributed by atoms with Gasteiger partial charge in [0.05, 0.1) is 6.54 Å². The average molecular weight is 494 g/mol. The minimum absolute atomic E-state index is 0.158. The maximum Gasteiger partial charge on any atom is 0.273 e. The van der Waals surface area contributed by atoms with Gasteiger partial charge in [0.1, 0.15) is 11.9 Å². The number of hydrogen-bond donors (Lipinski definition) is 2. The first-order valence-electron chi connectivity index (χ1n) is 11.6. The van der Waals surface area contributed by atoms with Crippen molar-refractivity contribution in [3.8, 4) is 0 Å². The van der Waals surface area contributed by atoms with Crippen molar-refractivity contribution < 1.29 is 9.90 Å². The number of amides is 1. The van der Waals surface area contributed by atoms with Crippen LogP contribution in [-0.4, -0.2) is 76.7 Å². The predicted octanol–water partition coefficient (Wildman–Crippen LogP) is 3.02. The lowest BCUT2D eigenvalue weighted by Crippen LogP contribution is -2.50. The van der Waals surface area contributed by atoms with Crippen molar-refractivity contribution in [2.24, 2.45) is 5.73 Å². The van der Waals surface area contributed by atoms with Crippen molar-refractivity contribution in [3.63, 3.8) is 0 Å². The number of likely N-dealkylation sites (tertiary alicyclic amines) is 1. The van der Waals surface area contributed by atoms with Gasteiger partial charge < -0.3 is 20.6 Å². The SMILES string of the molecule is Cc1nc2c(c(C3=C(Cl)C=C(Cl)CC3)c1CN)CN(CC(O)N(C)C1CCN(C)CC1)C2=O. The van der Waals surface area contributed by atoms with E-state index in [1.54, 1.807) is 11.0 Å². The molecule has 1 fully saturated rings. The van der Waals surface area contributed by atoms with Gasteiger partial charge in [-0.15, -0.1) is 0 Å². The molecule has 0 bridgehead atoms. The van der Waals surface area contributed by atoms with Crippen molar-refractivity contribution >= 4 is 34.7 Å². The number of fused-ring (bicyclic) bond motifs is 1. The van der Waals surface area contributed by atoms with E-state index in [9.17, 15) is 9.90 Å². The molecule has 0 saturated carbocycles. The highest BCUT2D eigenvalue weighted by molar-refractivity contribution is 6.37. The van der Waals surface area contributed by atoms with Crippen LogP contribution in [-0.2, 0) is 13.1 Å². The molecule has 180 valence electrons. The van der Waals surface area contributed by atoms with Crippen LogP contribution in [0.3, 0.4) is 0 Å². The molecule has 9 heteroatoms. The minimum Gasteiger partial charge on any atom is -0.376 e. The second-order valence-corrected chi connectivity index (χ2v) is 10.3. The zero-order valence-electron chi connectivity index (χ0n) is 19.6. The normalized spacial score (nSPS) is 21.2. The zero-order chi connectivity index (χ0) is 23.9. The standard InChI is InChI=1S/C24H33Cl2N5O2/c1-14-18(11-27)22(17-5-4-15(25)10-20(17)26)19-12-31(24(33)23(19)28-14)13-21(32)30(3)16-6-8-29(2)9-7-16/h10,16,21,32H,4-9,11-13,27H2,1-3H3. The van der Waals surface area contributed by atoms with Crippen molar-refractivity contribution in [2.75, 3.05) is 33.7 Å². The largest absolute Gasteiger partial charge is 0.376 e. The second kappa shape index (κ2) is 10.0. The number of aliphatic hydroxyl groups is 1. The van der Waals surface area contributed by atoms with Gasteiger partial charge in [-0.1, -0.05) is 23.2 Å². The van der Waals surface area contributed by atoms with E-state index in [0.717, 1.165) is 58.9 Å². The Morgan fingerprint density at radius 3 is 2.64 bits per heavy atom. The van der Waals surface area contributed by atoms with Crippen LogP contribution < -0.4 is 5.73 Å². The molecule has 2 aliphatic heterocycles. The highest BCUT2D eigenvalue weighted by atomic mass is 35.5. The lowest BCUT2D eigenvalue weighted by Gasteiger charge is -2.38. The molecule has 1 atom stereocenters. The van der Waals surface area contributed by atoms with Crippen molar-refractivity contribution in [2.45, 2.75) is 58.0 Å². The van der Waals surface area contributed by atoms with Gasteiger partial charge in [0, 0.05) is 40.5 Å². The summed E-state index contributed by atoms with van der Waals surface area (Å²) in [6, 6.07) is 0.304. The first-order valence-corrected chi connectivity index (χ1v) is 12.3. The molecule has 0 radical (unpaired) electrons. The first kappa shape index (κ1) is 24.6. The Balaban J connectivity index is 1.61. The van der Waals surface area contributed by atoms with Crippen LogP contribution in [0.25, 0.3) is 5.57 Å². The van der Waals surface area contributed by atoms with E-state index in [1.807, 2.05) is 18.9 Å². The molecule has 1 saturated heterocycles. The third-order valence-electron chi connectivity index (χ3n) is 7.25. The summed E-state index contributed by atoms with van der Waals surface area (Å²) < 4.78 is 0. The average Bonchev–Trinajstić information content (AvgIpc) is 3.08. The maximum atomic E-state index is 13.3. The molecule has 33 heavy (non-hydrogen) atoms. The summed E-state index contributed by atoms with van der Waals surface area (Å²) in [5.74, 6) is -0.158. The number of piperidine rings is 1. The van der Waals surface area contributed by atoms with Crippen molar-refractivity contribution in [1.82, 2.24) is 19.7 Å². The number of aryl methyl sites for hydroxylation is 1. The molecule has 1 aromatic rings. The third-order valence-corrected chi connectivity index (χ3v) is 7.89. The van der Waals surface area contributed by atoms with Gasteiger partial charge in [0.25, 0.3) is 5.91 Å². The van der Waals surface area contributed by atoms with E-state index < -0.39 is 6.23 Å². The summed E-state index contributed by atoms with van der Waals surface area (Å²) in [6.45, 7) is 4.82. The quantitative estimate of drug-likeness (QED) is 0.592. The van der Waals surface area contributed by atoms with Gasteiger partial charge in [-0.25, -0.2) is 4.98 Å². The smallest absolute Gasteiger partial charge is 0.273 e. The number of nitrogens with two attached hydrogens (primary N) is 1. The molecule has 1 aliphatic carbocycles. The number of likely N-dealkylation sites (N-methyl/N-ethyl adjacent to an activating group) is 1. The Morgan fingerprint density at radius 1 is 1.30 bits per heavy atom. The Hall–Kier alpha value is -1.48. The van der Waals surface area contributed by atoms with Crippen LogP contribution in [0.4, 0.5) is 0 Å². The van der Waals surface area contributed by atoms with Crippen LogP contribution in [0.15, 0.2) is 16.1 Å². The van der Waals surface area contributed by atoms with E-state index in [-0.39, 0.29) is 12.5 Å². The number of hydrogen-bond acceptors (Lipinski definition) is 6. The molecular formula is C24H33Cl2N5O2. The van der Waals surface area contributed by atoms with E-state index in [1.165, 1.54) is 0 Å². The number of pyridine rings is 1. The fourth-order valence-electron chi connectivity index (χ4n) is 5.17. The maximum absolute atomic E-state index is 13.3. The summed E-state index contributed by atoms with van der Waals surface area (Å²) in [4.78, 5) is 23.9. The fraction of sp³-hybridized carbons (Fsp3) is 0.583. The monoisotopic (exact) mass is 493 g/mol. The van der Waals surface area contributed by atoms with E-state index in [4.69, 9.17) is 28.9 Å². The van der Waals surface area contributed by atoms with Crippen LogP contribution in [0.1, 0.15) is 58.6 Å². The van der Waals surface area contributed by atoms with Gasteiger partial charge in [-0.2, -0.15) is 0 Å². The molecule has 0 aromatic carbocycles. The van der Waals surface area contributed by atoms with Gasteiger partial charge in [0.15, 0.2) is 0 Å². The predicted molar refractivity (Wildman–Crippen MR) is 132 cm³/mol. The second-order valence-electron chi connectivity index (χ2n) is 9.37. The molecule has 1 amide bonds. The molecule has 4 rings (SSSR count). The van der Waals surface area contributed by atoms with Gasteiger partial charge >= 0.3 is 0 Å². The molecule has 3 heterocycles. The van der Waals surface area contributed by atoms with Gasteiger partial charge in [0.2, 0.25) is 0 Å². The molecule has 1 aromatic heterocycles. The lowest BCUT2D eigenvalue weighted by atomic mass is 9.88. The Morgan fingerprint density at radius 2 is 2.00 bits per heavy atom. The number of carbonyl (C=O) groups excluding carboxylic acids is 1. The molecular weight excluding hydrogens is 461 g/mol. The first-order chi connectivity index (χ1) is 15.7. The van der Waals surface area contributed by atoms with Gasteiger partial charge in [-0.3, -0.25) is 9.69 Å². The van der Waals surface area contributed by atoms with E-state index in [0.29, 0.717) is 42.7 Å². The third kappa shape index (κ3) is 4.85. The highest BCUT2D eigenvalue weighted by Gasteiger charge is 2.36. The molecule has 7 nitrogen and oxygen atoms in total. The van der Waals surface area contributed by atoms with Crippen molar-refractivity contribution in [3.05, 3.63) is 44.2 Å². The molecule has 3 N–H and O–H groups in total. The lowest BCUT2D eigenvalue weighted by molar-refractivity contribution is -0.0373.